The van der Waals surface area contributed by atoms with Crippen LogP contribution in [0.3, 0.4) is 0 Å². The molecule has 20 heavy (non-hydrogen) atoms. The number of likely N-dealkylation sites (tertiary alicyclic amines) is 1. The summed E-state index contributed by atoms with van der Waals surface area (Å²) in [5.41, 5.74) is 2.34. The fraction of sp³-hybridized carbons (Fsp3) is 0.688. The lowest BCUT2D eigenvalue weighted by atomic mass is 10.1. The Kier molecular flexibility index (Phi) is 6.27. The summed E-state index contributed by atoms with van der Waals surface area (Å²) in [6.07, 6.45) is 5.79. The molecule has 0 aromatic carbocycles. The second-order valence-corrected chi connectivity index (χ2v) is 5.39. The predicted octanol–water partition coefficient (Wildman–Crippen LogP) is 2.90. The molecule has 1 saturated heterocycles. The molecule has 0 spiro atoms. The maximum Gasteiger partial charge on any atom is 0.0599 e. The van der Waals surface area contributed by atoms with Crippen molar-refractivity contribution in [3.8, 4) is 0 Å². The molecule has 4 nitrogen and oxygen atoms in total. The molecule has 0 saturated carbocycles. The number of aromatic nitrogens is 1. The highest BCUT2D eigenvalue weighted by atomic mass is 16.5. The van der Waals surface area contributed by atoms with E-state index in [9.17, 15) is 0 Å². The van der Waals surface area contributed by atoms with Gasteiger partial charge < -0.3 is 10.1 Å². The average molecular weight is 277 g/mol. The Morgan fingerprint density at radius 2 is 2.15 bits per heavy atom. The Labute approximate surface area is 122 Å². The maximum atomic E-state index is 5.69. The fourth-order valence-electron chi connectivity index (χ4n) is 2.64. The minimum atomic E-state index is 0.460. The van der Waals surface area contributed by atoms with Crippen LogP contribution in [0, 0.1) is 0 Å². The van der Waals surface area contributed by atoms with Crippen LogP contribution in [0.2, 0.25) is 0 Å². The zero-order valence-electron chi connectivity index (χ0n) is 12.8. The minimum absolute atomic E-state index is 0.460. The molecule has 1 fully saturated rings. The molecule has 4 heteroatoms. The van der Waals surface area contributed by atoms with Gasteiger partial charge in [-0.25, -0.2) is 0 Å². The third kappa shape index (κ3) is 4.76. The number of nitrogens with one attached hydrogen (secondary N) is 1. The largest absolute Gasteiger partial charge is 0.385 e. The van der Waals surface area contributed by atoms with Gasteiger partial charge in [-0.2, -0.15) is 0 Å². The lowest BCUT2D eigenvalue weighted by Gasteiger charge is -2.31. The number of hydrogen-bond donors (Lipinski definition) is 1. The molecule has 1 aliphatic rings. The van der Waals surface area contributed by atoms with Crippen LogP contribution in [-0.4, -0.2) is 42.2 Å². The van der Waals surface area contributed by atoms with Gasteiger partial charge in [0.1, 0.15) is 0 Å². The number of hydrogen-bond acceptors (Lipinski definition) is 4. The summed E-state index contributed by atoms with van der Waals surface area (Å²) in [5, 5.41) is 3.42. The number of nitrogens with zero attached hydrogens (tertiary/aromatic N) is 2. The molecule has 0 amide bonds. The van der Waals surface area contributed by atoms with Gasteiger partial charge in [-0.15, -0.1) is 0 Å². The Bertz CT molecular complexity index is 389. The number of rotatable bonds is 7. The Morgan fingerprint density at radius 1 is 1.35 bits per heavy atom. The van der Waals surface area contributed by atoms with Crippen molar-refractivity contribution in [2.45, 2.75) is 45.8 Å². The molecule has 0 bridgehead atoms. The van der Waals surface area contributed by atoms with Crippen LogP contribution in [0.25, 0.3) is 0 Å². The topological polar surface area (TPSA) is 37.4 Å². The molecule has 0 radical (unpaired) electrons. The van der Waals surface area contributed by atoms with Crippen molar-refractivity contribution in [2.24, 2.45) is 0 Å². The molecular weight excluding hydrogens is 250 g/mol. The van der Waals surface area contributed by atoms with Crippen molar-refractivity contribution in [1.29, 1.82) is 0 Å². The van der Waals surface area contributed by atoms with Crippen LogP contribution in [0.15, 0.2) is 18.3 Å². The summed E-state index contributed by atoms with van der Waals surface area (Å²) >= 11 is 0. The highest BCUT2D eigenvalue weighted by Gasteiger charge is 2.19. The van der Waals surface area contributed by atoms with Crippen molar-refractivity contribution >= 4 is 5.69 Å². The SMILES string of the molecule is CCCNc1ccnc(CN2CCC(OCC)CC2)c1. The van der Waals surface area contributed by atoms with E-state index in [1.807, 2.05) is 12.3 Å². The van der Waals surface area contributed by atoms with E-state index in [0.29, 0.717) is 6.10 Å². The van der Waals surface area contributed by atoms with Crippen molar-refractivity contribution in [1.82, 2.24) is 9.88 Å². The van der Waals surface area contributed by atoms with Crippen LogP contribution in [0.4, 0.5) is 5.69 Å². The highest BCUT2D eigenvalue weighted by Crippen LogP contribution is 2.16. The number of ether oxygens (including phenoxy) is 1. The first-order valence-corrected chi connectivity index (χ1v) is 7.84. The van der Waals surface area contributed by atoms with E-state index >= 15 is 0 Å². The van der Waals surface area contributed by atoms with Crippen LogP contribution in [-0.2, 0) is 11.3 Å². The first-order valence-electron chi connectivity index (χ1n) is 7.84. The minimum Gasteiger partial charge on any atom is -0.385 e. The van der Waals surface area contributed by atoms with Crippen molar-refractivity contribution in [2.75, 3.05) is 31.6 Å². The zero-order valence-corrected chi connectivity index (χ0v) is 12.8. The Balaban J connectivity index is 1.81. The summed E-state index contributed by atoms with van der Waals surface area (Å²) in [4.78, 5) is 6.96. The molecule has 0 aliphatic carbocycles. The van der Waals surface area contributed by atoms with Gasteiger partial charge in [0.25, 0.3) is 0 Å². The summed E-state index contributed by atoms with van der Waals surface area (Å²) in [6.45, 7) is 9.27. The first-order chi connectivity index (χ1) is 9.81. The molecule has 2 rings (SSSR count). The highest BCUT2D eigenvalue weighted by molar-refractivity contribution is 5.43. The van der Waals surface area contributed by atoms with Crippen molar-refractivity contribution in [3.63, 3.8) is 0 Å². The normalized spacial score (nSPS) is 17.3. The third-order valence-electron chi connectivity index (χ3n) is 3.72. The van der Waals surface area contributed by atoms with Crippen LogP contribution < -0.4 is 5.32 Å². The molecule has 1 aromatic heterocycles. The standard InChI is InChI=1S/C16H27N3O/c1-3-8-17-14-5-9-18-15(12-14)13-19-10-6-16(7-11-19)20-4-2/h5,9,12,16H,3-4,6-8,10-11,13H2,1-2H3,(H,17,18). The van der Waals surface area contributed by atoms with Gasteiger partial charge in [0.15, 0.2) is 0 Å². The smallest absolute Gasteiger partial charge is 0.0599 e. The van der Waals surface area contributed by atoms with Crippen molar-refractivity contribution < 1.29 is 4.74 Å². The predicted molar refractivity (Wildman–Crippen MR) is 82.9 cm³/mol. The van der Waals surface area contributed by atoms with E-state index < -0.39 is 0 Å². The first kappa shape index (κ1) is 15.3. The van der Waals surface area contributed by atoms with Crippen LogP contribution >= 0.6 is 0 Å². The summed E-state index contributed by atoms with van der Waals surface area (Å²) in [5.74, 6) is 0. The lowest BCUT2D eigenvalue weighted by Crippen LogP contribution is -2.36. The Hall–Kier alpha value is -1.13. The lowest BCUT2D eigenvalue weighted by molar-refractivity contribution is 0.0123. The number of anilines is 1. The monoisotopic (exact) mass is 277 g/mol. The van der Waals surface area contributed by atoms with Gasteiger partial charge in [-0.3, -0.25) is 9.88 Å². The molecule has 1 N–H and O–H groups in total. The second-order valence-electron chi connectivity index (χ2n) is 5.39. The molecule has 112 valence electrons. The quantitative estimate of drug-likeness (QED) is 0.831. The molecule has 2 heterocycles. The molecular formula is C16H27N3O. The fourth-order valence-corrected chi connectivity index (χ4v) is 2.64. The van der Waals surface area contributed by atoms with E-state index in [1.165, 1.54) is 5.69 Å². The summed E-state index contributed by atoms with van der Waals surface area (Å²) < 4.78 is 5.69. The van der Waals surface area contributed by atoms with Crippen LogP contribution in [0.5, 0.6) is 0 Å². The number of pyridine rings is 1. The molecule has 0 atom stereocenters. The summed E-state index contributed by atoms with van der Waals surface area (Å²) in [7, 11) is 0. The van der Waals surface area contributed by atoms with Gasteiger partial charge in [-0.05, 0) is 38.3 Å². The van der Waals surface area contributed by atoms with E-state index in [-0.39, 0.29) is 0 Å². The van der Waals surface area contributed by atoms with E-state index in [0.717, 1.165) is 57.7 Å². The van der Waals surface area contributed by atoms with Gasteiger partial charge in [0.05, 0.1) is 11.8 Å². The van der Waals surface area contributed by atoms with Gasteiger partial charge in [0.2, 0.25) is 0 Å². The molecule has 1 aromatic rings. The van der Waals surface area contributed by atoms with Gasteiger partial charge in [-0.1, -0.05) is 6.92 Å². The van der Waals surface area contributed by atoms with E-state index in [2.05, 4.69) is 35.1 Å². The maximum absolute atomic E-state index is 5.69. The second kappa shape index (κ2) is 8.22. The van der Waals surface area contributed by atoms with Crippen molar-refractivity contribution in [3.05, 3.63) is 24.0 Å². The number of piperidine rings is 1. The van der Waals surface area contributed by atoms with E-state index in [1.54, 1.807) is 0 Å². The van der Waals surface area contributed by atoms with E-state index in [4.69, 9.17) is 4.74 Å². The Morgan fingerprint density at radius 3 is 2.85 bits per heavy atom. The van der Waals surface area contributed by atoms with Gasteiger partial charge in [0, 0.05) is 44.7 Å². The third-order valence-corrected chi connectivity index (χ3v) is 3.72. The van der Waals surface area contributed by atoms with Crippen LogP contribution in [0.1, 0.15) is 38.8 Å². The molecule has 0 unspecified atom stereocenters. The zero-order chi connectivity index (χ0) is 14.2. The average Bonchev–Trinajstić information content (AvgIpc) is 2.48. The van der Waals surface area contributed by atoms with Gasteiger partial charge >= 0.3 is 0 Å². The summed E-state index contributed by atoms with van der Waals surface area (Å²) in [6, 6.07) is 4.21. The molecule has 1 aliphatic heterocycles.